The Bertz CT molecular complexity index is 432. The molecule has 1 aromatic rings. The summed E-state index contributed by atoms with van der Waals surface area (Å²) in [4.78, 5) is 0.303. The van der Waals surface area contributed by atoms with Crippen molar-refractivity contribution in [1.29, 1.82) is 0 Å². The maximum Gasteiger partial charge on any atom is 0.240 e. The van der Waals surface area contributed by atoms with Crippen LogP contribution in [0.1, 0.15) is 12.5 Å². The van der Waals surface area contributed by atoms with Crippen LogP contribution in [0.15, 0.2) is 41.3 Å². The molecule has 0 bridgehead atoms. The largest absolute Gasteiger partial charge is 0.240 e. The lowest BCUT2D eigenvalue weighted by Crippen LogP contribution is -2.23. The summed E-state index contributed by atoms with van der Waals surface area (Å²) in [5.41, 5.74) is 1.04. The summed E-state index contributed by atoms with van der Waals surface area (Å²) in [5, 5.41) is 0. The highest BCUT2D eigenvalue weighted by Gasteiger charge is 2.11. The Kier molecular flexibility index (Phi) is 4.05. The van der Waals surface area contributed by atoms with E-state index in [2.05, 4.69) is 4.72 Å². The van der Waals surface area contributed by atoms with E-state index >= 15 is 0 Å². The molecular formula is C11H15NO2S. The Morgan fingerprint density at radius 1 is 1.27 bits per heavy atom. The van der Waals surface area contributed by atoms with E-state index in [9.17, 15) is 8.42 Å². The van der Waals surface area contributed by atoms with Crippen LogP contribution in [0, 0.1) is 6.92 Å². The molecule has 0 aliphatic rings. The van der Waals surface area contributed by atoms with Crippen molar-refractivity contribution in [3.8, 4) is 0 Å². The third kappa shape index (κ3) is 3.49. The highest BCUT2D eigenvalue weighted by molar-refractivity contribution is 7.89. The van der Waals surface area contributed by atoms with Crippen molar-refractivity contribution in [1.82, 2.24) is 4.72 Å². The van der Waals surface area contributed by atoms with Gasteiger partial charge in [-0.05, 0) is 26.0 Å². The van der Waals surface area contributed by atoms with Gasteiger partial charge in [-0.1, -0.05) is 29.8 Å². The van der Waals surface area contributed by atoms with Crippen LogP contribution in [0.2, 0.25) is 0 Å². The fourth-order valence-corrected chi connectivity index (χ4v) is 2.05. The lowest BCUT2D eigenvalue weighted by Gasteiger charge is -2.04. The van der Waals surface area contributed by atoms with Gasteiger partial charge in [-0.15, -0.1) is 0 Å². The minimum Gasteiger partial charge on any atom is -0.207 e. The molecule has 0 radical (unpaired) electrons. The Morgan fingerprint density at radius 3 is 2.40 bits per heavy atom. The molecule has 4 heteroatoms. The normalized spacial score (nSPS) is 12.1. The van der Waals surface area contributed by atoms with Gasteiger partial charge in [0.05, 0.1) is 4.90 Å². The highest BCUT2D eigenvalue weighted by Crippen LogP contribution is 2.09. The van der Waals surface area contributed by atoms with E-state index in [1.54, 1.807) is 36.4 Å². The van der Waals surface area contributed by atoms with Gasteiger partial charge < -0.3 is 0 Å². The first-order valence-corrected chi connectivity index (χ1v) is 6.22. The predicted molar refractivity (Wildman–Crippen MR) is 61.2 cm³/mol. The number of rotatable bonds is 4. The molecule has 0 atom stereocenters. The molecule has 0 aliphatic carbocycles. The Morgan fingerprint density at radius 2 is 1.87 bits per heavy atom. The molecule has 0 unspecified atom stereocenters. The van der Waals surface area contributed by atoms with Crippen LogP contribution in [-0.4, -0.2) is 15.0 Å². The summed E-state index contributed by atoms with van der Waals surface area (Å²) >= 11 is 0. The van der Waals surface area contributed by atoms with Crippen LogP contribution >= 0.6 is 0 Å². The monoisotopic (exact) mass is 225 g/mol. The van der Waals surface area contributed by atoms with Crippen molar-refractivity contribution >= 4 is 10.0 Å². The van der Waals surface area contributed by atoms with Crippen molar-refractivity contribution in [2.75, 3.05) is 6.54 Å². The van der Waals surface area contributed by atoms with Crippen molar-refractivity contribution < 1.29 is 8.42 Å². The van der Waals surface area contributed by atoms with Gasteiger partial charge >= 0.3 is 0 Å². The summed E-state index contributed by atoms with van der Waals surface area (Å²) in [6.07, 6.45) is 3.56. The lowest BCUT2D eigenvalue weighted by atomic mass is 10.2. The summed E-state index contributed by atoms with van der Waals surface area (Å²) in [6.45, 7) is 4.09. The second-order valence-electron chi connectivity index (χ2n) is 3.23. The molecule has 1 aromatic carbocycles. The van der Waals surface area contributed by atoms with Crippen LogP contribution in [0.3, 0.4) is 0 Å². The average Bonchev–Trinajstić information content (AvgIpc) is 2.18. The quantitative estimate of drug-likeness (QED) is 0.795. The first-order valence-electron chi connectivity index (χ1n) is 4.74. The van der Waals surface area contributed by atoms with E-state index in [4.69, 9.17) is 0 Å². The van der Waals surface area contributed by atoms with E-state index in [1.807, 2.05) is 13.8 Å². The third-order valence-corrected chi connectivity index (χ3v) is 3.40. The summed E-state index contributed by atoms with van der Waals surface area (Å²) in [5.74, 6) is 0. The predicted octanol–water partition coefficient (Wildman–Crippen LogP) is 1.85. The van der Waals surface area contributed by atoms with Crippen LogP contribution in [0.25, 0.3) is 0 Å². The molecule has 1 rings (SSSR count). The number of nitrogens with one attached hydrogen (secondary N) is 1. The standard InChI is InChI=1S/C11H15NO2S/c1-3-4-9-12-15(13,14)11-7-5-10(2)6-8-11/h3-8,12H,9H2,1-2H3. The maximum absolute atomic E-state index is 11.7. The van der Waals surface area contributed by atoms with Gasteiger partial charge in [0, 0.05) is 6.54 Å². The smallest absolute Gasteiger partial charge is 0.207 e. The molecule has 1 N–H and O–H groups in total. The second kappa shape index (κ2) is 5.09. The van der Waals surface area contributed by atoms with E-state index in [0.717, 1.165) is 5.56 Å². The van der Waals surface area contributed by atoms with Crippen LogP contribution in [-0.2, 0) is 10.0 Å². The second-order valence-corrected chi connectivity index (χ2v) is 5.00. The Balaban J connectivity index is 2.82. The SMILES string of the molecule is CC=CCNS(=O)(=O)c1ccc(C)cc1. The van der Waals surface area contributed by atoms with Gasteiger partial charge in [0.1, 0.15) is 0 Å². The summed E-state index contributed by atoms with van der Waals surface area (Å²) in [7, 11) is -3.35. The van der Waals surface area contributed by atoms with Crippen molar-refractivity contribution in [3.63, 3.8) is 0 Å². The lowest BCUT2D eigenvalue weighted by molar-refractivity contribution is 0.585. The van der Waals surface area contributed by atoms with E-state index < -0.39 is 10.0 Å². The minimum atomic E-state index is -3.35. The molecule has 0 fully saturated rings. The average molecular weight is 225 g/mol. The van der Waals surface area contributed by atoms with Crippen LogP contribution < -0.4 is 4.72 Å². The number of sulfonamides is 1. The number of allylic oxidation sites excluding steroid dienone is 1. The van der Waals surface area contributed by atoms with E-state index in [1.165, 1.54) is 0 Å². The van der Waals surface area contributed by atoms with Crippen molar-refractivity contribution in [3.05, 3.63) is 42.0 Å². The van der Waals surface area contributed by atoms with Crippen LogP contribution in [0.4, 0.5) is 0 Å². The van der Waals surface area contributed by atoms with Crippen molar-refractivity contribution in [2.24, 2.45) is 0 Å². The first-order chi connectivity index (χ1) is 7.06. The molecule has 0 heterocycles. The highest BCUT2D eigenvalue weighted by atomic mass is 32.2. The van der Waals surface area contributed by atoms with Gasteiger partial charge in [0.2, 0.25) is 10.0 Å². The van der Waals surface area contributed by atoms with Gasteiger partial charge in [0.15, 0.2) is 0 Å². The fourth-order valence-electron chi connectivity index (χ4n) is 1.08. The molecular weight excluding hydrogens is 210 g/mol. The molecule has 15 heavy (non-hydrogen) atoms. The van der Waals surface area contributed by atoms with E-state index in [-0.39, 0.29) is 0 Å². The molecule has 0 amide bonds. The van der Waals surface area contributed by atoms with Crippen LogP contribution in [0.5, 0.6) is 0 Å². The third-order valence-electron chi connectivity index (χ3n) is 1.96. The fraction of sp³-hybridized carbons (Fsp3) is 0.273. The molecule has 3 nitrogen and oxygen atoms in total. The summed E-state index contributed by atoms with van der Waals surface area (Å²) < 4.78 is 25.8. The van der Waals surface area contributed by atoms with Gasteiger partial charge in [0.25, 0.3) is 0 Å². The van der Waals surface area contributed by atoms with E-state index in [0.29, 0.717) is 11.4 Å². The maximum atomic E-state index is 11.7. The zero-order valence-corrected chi connectivity index (χ0v) is 9.71. The number of hydrogen-bond donors (Lipinski definition) is 1. The molecule has 82 valence electrons. The first kappa shape index (κ1) is 11.9. The minimum absolute atomic E-state index is 0.303. The molecule has 0 saturated heterocycles. The van der Waals surface area contributed by atoms with Gasteiger partial charge in [-0.25, -0.2) is 13.1 Å². The molecule has 0 saturated carbocycles. The number of aryl methyl sites for hydroxylation is 1. The zero-order valence-electron chi connectivity index (χ0n) is 8.90. The molecule has 0 aliphatic heterocycles. The topological polar surface area (TPSA) is 46.2 Å². The molecule has 0 spiro atoms. The zero-order chi connectivity index (χ0) is 11.3. The number of benzene rings is 1. The molecule has 0 aromatic heterocycles. The summed E-state index contributed by atoms with van der Waals surface area (Å²) in [6, 6.07) is 6.77. The Labute approximate surface area is 90.9 Å². The Hall–Kier alpha value is -1.13. The van der Waals surface area contributed by atoms with Crippen molar-refractivity contribution in [2.45, 2.75) is 18.7 Å². The van der Waals surface area contributed by atoms with Gasteiger partial charge in [-0.3, -0.25) is 0 Å². The van der Waals surface area contributed by atoms with Gasteiger partial charge in [-0.2, -0.15) is 0 Å². The number of hydrogen-bond acceptors (Lipinski definition) is 2.